The van der Waals surface area contributed by atoms with E-state index in [9.17, 15) is 4.79 Å². The van der Waals surface area contributed by atoms with Crippen LogP contribution in [0.25, 0.3) is 0 Å². The maximum absolute atomic E-state index is 10.3. The average molecular weight is 304 g/mol. The number of anilines is 1. The van der Waals surface area contributed by atoms with E-state index in [2.05, 4.69) is 15.9 Å². The van der Waals surface area contributed by atoms with E-state index in [1.54, 1.807) is 11.8 Å². The third-order valence-corrected chi connectivity index (χ3v) is 3.68. The molecule has 0 aliphatic heterocycles. The summed E-state index contributed by atoms with van der Waals surface area (Å²) >= 11 is 5.02. The minimum Gasteiger partial charge on any atom is -0.481 e. The Labute approximate surface area is 108 Å². The number of carbonyl (C=O) groups is 1. The number of benzene rings is 1. The number of hydrogen-bond acceptors (Lipinski definition) is 3. The number of carboxylic acid groups (broad SMARTS) is 1. The fraction of sp³-hybridized carbons (Fsp3) is 0.364. The molecule has 0 atom stereocenters. The number of unbranched alkanes of at least 4 members (excludes halogenated alkanes) is 1. The Morgan fingerprint density at radius 3 is 2.81 bits per heavy atom. The largest absolute Gasteiger partial charge is 0.481 e. The van der Waals surface area contributed by atoms with E-state index >= 15 is 0 Å². The lowest BCUT2D eigenvalue weighted by molar-refractivity contribution is -0.137. The molecule has 16 heavy (non-hydrogen) atoms. The van der Waals surface area contributed by atoms with Gasteiger partial charge in [-0.25, -0.2) is 0 Å². The second-order valence-corrected chi connectivity index (χ2v) is 5.43. The second kappa shape index (κ2) is 6.81. The minimum absolute atomic E-state index is 0.246. The van der Waals surface area contributed by atoms with Crippen LogP contribution in [0.15, 0.2) is 27.6 Å². The van der Waals surface area contributed by atoms with Gasteiger partial charge in [0.05, 0.1) is 0 Å². The van der Waals surface area contributed by atoms with E-state index < -0.39 is 5.97 Å². The number of halogens is 1. The van der Waals surface area contributed by atoms with E-state index in [0.29, 0.717) is 0 Å². The Morgan fingerprint density at radius 1 is 1.44 bits per heavy atom. The summed E-state index contributed by atoms with van der Waals surface area (Å²) in [6.45, 7) is 0. The molecule has 0 radical (unpaired) electrons. The molecule has 0 spiro atoms. The Morgan fingerprint density at radius 2 is 2.19 bits per heavy atom. The van der Waals surface area contributed by atoms with Crippen LogP contribution in [0, 0.1) is 0 Å². The zero-order valence-corrected chi connectivity index (χ0v) is 11.2. The summed E-state index contributed by atoms with van der Waals surface area (Å²) in [6.07, 6.45) is 1.86. The highest BCUT2D eigenvalue weighted by molar-refractivity contribution is 9.10. The van der Waals surface area contributed by atoms with E-state index in [-0.39, 0.29) is 6.42 Å². The molecule has 0 saturated carbocycles. The van der Waals surface area contributed by atoms with E-state index in [0.717, 1.165) is 33.7 Å². The fourth-order valence-electron chi connectivity index (χ4n) is 1.21. The van der Waals surface area contributed by atoms with Crippen LogP contribution in [0.4, 0.5) is 5.69 Å². The normalized spacial score (nSPS) is 10.3. The molecule has 0 bridgehead atoms. The van der Waals surface area contributed by atoms with Gasteiger partial charge in [-0.15, -0.1) is 11.8 Å². The Hall–Kier alpha value is -0.680. The predicted molar refractivity (Wildman–Crippen MR) is 70.8 cm³/mol. The summed E-state index contributed by atoms with van der Waals surface area (Å²) in [5.41, 5.74) is 6.60. The predicted octanol–water partition coefficient (Wildman–Crippen LogP) is 3.38. The summed E-state index contributed by atoms with van der Waals surface area (Å²) in [5.74, 6) is 0.173. The first-order chi connectivity index (χ1) is 7.59. The van der Waals surface area contributed by atoms with Crippen molar-refractivity contribution in [1.29, 1.82) is 0 Å². The van der Waals surface area contributed by atoms with Crippen LogP contribution in [-0.2, 0) is 4.79 Å². The maximum Gasteiger partial charge on any atom is 0.303 e. The first-order valence-electron chi connectivity index (χ1n) is 4.99. The monoisotopic (exact) mass is 303 g/mol. The molecule has 0 amide bonds. The Kier molecular flexibility index (Phi) is 5.69. The molecule has 1 aromatic carbocycles. The molecule has 5 heteroatoms. The third-order valence-electron chi connectivity index (χ3n) is 2.01. The van der Waals surface area contributed by atoms with Crippen LogP contribution in [0.2, 0.25) is 0 Å². The molecule has 0 aliphatic rings. The molecule has 88 valence electrons. The van der Waals surface area contributed by atoms with Crippen molar-refractivity contribution in [2.45, 2.75) is 24.2 Å². The maximum atomic E-state index is 10.3. The summed E-state index contributed by atoms with van der Waals surface area (Å²) in [5, 5.41) is 8.47. The number of rotatable bonds is 6. The molecule has 1 rings (SSSR count). The van der Waals surface area contributed by atoms with Crippen molar-refractivity contribution < 1.29 is 9.90 Å². The Balaban J connectivity index is 2.29. The van der Waals surface area contributed by atoms with Gasteiger partial charge in [-0.2, -0.15) is 0 Å². The molecule has 0 heterocycles. The van der Waals surface area contributed by atoms with Crippen molar-refractivity contribution in [2.24, 2.45) is 0 Å². The summed E-state index contributed by atoms with van der Waals surface area (Å²) in [6, 6.07) is 5.80. The van der Waals surface area contributed by atoms with Crippen LogP contribution in [0.5, 0.6) is 0 Å². The van der Waals surface area contributed by atoms with Gasteiger partial charge in [0.25, 0.3) is 0 Å². The first-order valence-corrected chi connectivity index (χ1v) is 6.77. The van der Waals surface area contributed by atoms with E-state index in [1.165, 1.54) is 0 Å². The molecule has 0 saturated heterocycles. The van der Waals surface area contributed by atoms with Crippen molar-refractivity contribution in [3.63, 3.8) is 0 Å². The van der Waals surface area contributed by atoms with E-state index in [1.807, 2.05) is 18.2 Å². The van der Waals surface area contributed by atoms with Gasteiger partial charge in [-0.1, -0.05) is 15.9 Å². The number of nitrogens with two attached hydrogens (primary N) is 1. The molecule has 1 aromatic rings. The number of thioether (sulfide) groups is 1. The van der Waals surface area contributed by atoms with Gasteiger partial charge >= 0.3 is 5.97 Å². The zero-order valence-electron chi connectivity index (χ0n) is 8.78. The van der Waals surface area contributed by atoms with Crippen LogP contribution >= 0.6 is 27.7 Å². The summed E-state index contributed by atoms with van der Waals surface area (Å²) < 4.78 is 0.972. The van der Waals surface area contributed by atoms with Crippen molar-refractivity contribution in [3.8, 4) is 0 Å². The third kappa shape index (κ3) is 4.90. The molecule has 0 unspecified atom stereocenters. The molecular formula is C11H14BrNO2S. The molecule has 0 aliphatic carbocycles. The highest BCUT2D eigenvalue weighted by atomic mass is 79.9. The molecule has 0 aromatic heterocycles. The van der Waals surface area contributed by atoms with Crippen LogP contribution in [0.1, 0.15) is 19.3 Å². The minimum atomic E-state index is -0.729. The van der Waals surface area contributed by atoms with Crippen LogP contribution in [-0.4, -0.2) is 16.8 Å². The molecular weight excluding hydrogens is 290 g/mol. The van der Waals surface area contributed by atoms with Gasteiger partial charge in [0, 0.05) is 21.5 Å². The van der Waals surface area contributed by atoms with E-state index in [4.69, 9.17) is 10.8 Å². The lowest BCUT2D eigenvalue weighted by Crippen LogP contribution is -1.94. The average Bonchev–Trinajstić information content (AvgIpc) is 2.20. The smallest absolute Gasteiger partial charge is 0.303 e. The number of nitrogen functional groups attached to an aromatic ring is 1. The molecule has 3 nitrogen and oxygen atoms in total. The number of aliphatic carboxylic acids is 1. The SMILES string of the molecule is Nc1cc(Br)ccc1SCCCCC(=O)O. The summed E-state index contributed by atoms with van der Waals surface area (Å²) in [7, 11) is 0. The van der Waals surface area contributed by atoms with Gasteiger partial charge < -0.3 is 10.8 Å². The van der Waals surface area contributed by atoms with Gasteiger partial charge in [-0.05, 0) is 36.8 Å². The van der Waals surface area contributed by atoms with Crippen molar-refractivity contribution in [2.75, 3.05) is 11.5 Å². The highest BCUT2D eigenvalue weighted by Gasteiger charge is 2.01. The van der Waals surface area contributed by atoms with Crippen molar-refractivity contribution >= 4 is 39.3 Å². The standard InChI is InChI=1S/C11H14BrNO2S/c12-8-4-5-10(9(13)7-8)16-6-2-1-3-11(14)15/h4-5,7H,1-3,6,13H2,(H,14,15). The quantitative estimate of drug-likeness (QED) is 0.480. The van der Waals surface area contributed by atoms with Gasteiger partial charge in [0.1, 0.15) is 0 Å². The van der Waals surface area contributed by atoms with Crippen molar-refractivity contribution in [1.82, 2.24) is 0 Å². The van der Waals surface area contributed by atoms with Gasteiger partial charge in [-0.3, -0.25) is 4.79 Å². The lowest BCUT2D eigenvalue weighted by atomic mass is 10.2. The molecule has 3 N–H and O–H groups in total. The number of hydrogen-bond donors (Lipinski definition) is 2. The van der Waals surface area contributed by atoms with Crippen LogP contribution < -0.4 is 5.73 Å². The zero-order chi connectivity index (χ0) is 12.0. The molecule has 0 fully saturated rings. The van der Waals surface area contributed by atoms with Gasteiger partial charge in [0.15, 0.2) is 0 Å². The highest BCUT2D eigenvalue weighted by Crippen LogP contribution is 2.28. The topological polar surface area (TPSA) is 63.3 Å². The van der Waals surface area contributed by atoms with Gasteiger partial charge in [0.2, 0.25) is 0 Å². The van der Waals surface area contributed by atoms with Crippen LogP contribution in [0.3, 0.4) is 0 Å². The lowest BCUT2D eigenvalue weighted by Gasteiger charge is -2.05. The summed E-state index contributed by atoms with van der Waals surface area (Å²) in [4.78, 5) is 11.3. The second-order valence-electron chi connectivity index (χ2n) is 3.38. The Bertz CT molecular complexity index is 371. The van der Waals surface area contributed by atoms with Crippen molar-refractivity contribution in [3.05, 3.63) is 22.7 Å². The fourth-order valence-corrected chi connectivity index (χ4v) is 2.55. The number of carboxylic acids is 1. The first kappa shape index (κ1) is 13.4.